The van der Waals surface area contributed by atoms with Crippen molar-refractivity contribution in [3.05, 3.63) is 59.8 Å². The van der Waals surface area contributed by atoms with Crippen molar-refractivity contribution in [3.63, 3.8) is 0 Å². The summed E-state index contributed by atoms with van der Waals surface area (Å²) in [6, 6.07) is 16.2. The molecule has 2 aromatic carbocycles. The molecule has 1 aromatic heterocycles. The monoisotopic (exact) mass is 425 g/mol. The number of carbonyl (C=O) groups is 1. The van der Waals surface area contributed by atoms with Crippen molar-refractivity contribution >= 4 is 28.6 Å². The van der Waals surface area contributed by atoms with Crippen LogP contribution in [-0.2, 0) is 23.0 Å². The van der Waals surface area contributed by atoms with Crippen LogP contribution in [0.3, 0.4) is 0 Å². The van der Waals surface area contributed by atoms with Gasteiger partial charge in [0.1, 0.15) is 11.7 Å². The highest BCUT2D eigenvalue weighted by molar-refractivity contribution is 8.00. The lowest BCUT2D eigenvalue weighted by Crippen LogP contribution is -2.22. The van der Waals surface area contributed by atoms with Crippen molar-refractivity contribution in [3.8, 4) is 5.75 Å². The Hall–Kier alpha value is -2.40. The van der Waals surface area contributed by atoms with E-state index in [0.29, 0.717) is 13.0 Å². The molecule has 0 amide bonds. The Morgan fingerprint density at radius 2 is 1.83 bits per heavy atom. The molecule has 3 rings (SSSR count). The van der Waals surface area contributed by atoms with Crippen LogP contribution < -0.4 is 4.74 Å². The molecule has 5 heteroatoms. The van der Waals surface area contributed by atoms with Gasteiger partial charge in [0.05, 0.1) is 13.7 Å². The number of esters is 1. The molecule has 1 atom stereocenters. The number of carbonyl (C=O) groups excluding carboxylic acids is 1. The lowest BCUT2D eigenvalue weighted by Gasteiger charge is -2.23. The zero-order valence-electron chi connectivity index (χ0n) is 18.7. The van der Waals surface area contributed by atoms with Crippen LogP contribution in [0, 0.1) is 0 Å². The SMILES string of the molecule is CCOC(=O)C(Cc1ccccc1)c1c(SC(C)(C)C)c2cc(OC)ccc2n1C. The van der Waals surface area contributed by atoms with Gasteiger partial charge in [-0.1, -0.05) is 51.1 Å². The number of nitrogens with zero attached hydrogens (tertiary/aromatic N) is 1. The Morgan fingerprint density at radius 1 is 1.13 bits per heavy atom. The largest absolute Gasteiger partial charge is 0.497 e. The highest BCUT2D eigenvalue weighted by Crippen LogP contribution is 2.45. The molecule has 0 fully saturated rings. The fourth-order valence-electron chi connectivity index (χ4n) is 3.73. The second-order valence-corrected chi connectivity index (χ2v) is 10.2. The zero-order chi connectivity index (χ0) is 21.9. The molecule has 0 spiro atoms. The first kappa shape index (κ1) is 22.3. The summed E-state index contributed by atoms with van der Waals surface area (Å²) in [5.74, 6) is 0.238. The van der Waals surface area contributed by atoms with Crippen LogP contribution in [0.5, 0.6) is 5.75 Å². The molecule has 30 heavy (non-hydrogen) atoms. The number of rotatable bonds is 7. The number of fused-ring (bicyclic) bond motifs is 1. The third-order valence-corrected chi connectivity index (χ3v) is 6.24. The molecule has 0 aliphatic carbocycles. The van der Waals surface area contributed by atoms with E-state index in [1.54, 1.807) is 18.9 Å². The maximum atomic E-state index is 13.1. The Labute approximate surface area is 183 Å². The van der Waals surface area contributed by atoms with E-state index in [-0.39, 0.29) is 16.6 Å². The predicted molar refractivity (Wildman–Crippen MR) is 125 cm³/mol. The van der Waals surface area contributed by atoms with E-state index in [2.05, 4.69) is 49.6 Å². The third-order valence-electron chi connectivity index (χ3n) is 5.00. The fourth-order valence-corrected chi connectivity index (χ4v) is 5.00. The normalized spacial score (nSPS) is 12.7. The molecule has 0 bridgehead atoms. The minimum atomic E-state index is -0.388. The Balaban J connectivity index is 2.23. The number of benzene rings is 2. The van der Waals surface area contributed by atoms with E-state index in [4.69, 9.17) is 9.47 Å². The van der Waals surface area contributed by atoms with Gasteiger partial charge >= 0.3 is 5.97 Å². The Kier molecular flexibility index (Phi) is 6.81. The van der Waals surface area contributed by atoms with Crippen LogP contribution in [-0.4, -0.2) is 29.0 Å². The zero-order valence-corrected chi connectivity index (χ0v) is 19.5. The molecule has 0 saturated carbocycles. The van der Waals surface area contributed by atoms with Crippen LogP contribution in [0.1, 0.15) is 44.9 Å². The van der Waals surface area contributed by atoms with Crippen molar-refractivity contribution in [2.24, 2.45) is 7.05 Å². The summed E-state index contributed by atoms with van der Waals surface area (Å²) in [7, 11) is 3.71. The first-order valence-corrected chi connectivity index (χ1v) is 11.1. The number of methoxy groups -OCH3 is 1. The van der Waals surface area contributed by atoms with E-state index < -0.39 is 0 Å². The Bertz CT molecular complexity index is 1020. The summed E-state index contributed by atoms with van der Waals surface area (Å²) in [5.41, 5.74) is 3.20. The van der Waals surface area contributed by atoms with E-state index in [9.17, 15) is 4.79 Å². The number of thioether (sulfide) groups is 1. The smallest absolute Gasteiger partial charge is 0.315 e. The average Bonchev–Trinajstić information content (AvgIpc) is 2.96. The number of ether oxygens (including phenoxy) is 2. The quantitative estimate of drug-likeness (QED) is 0.345. The van der Waals surface area contributed by atoms with Gasteiger partial charge in [0.15, 0.2) is 0 Å². The van der Waals surface area contributed by atoms with Crippen molar-refractivity contribution in [1.82, 2.24) is 4.57 Å². The highest BCUT2D eigenvalue weighted by Gasteiger charge is 2.32. The van der Waals surface area contributed by atoms with Gasteiger partial charge in [0.2, 0.25) is 0 Å². The van der Waals surface area contributed by atoms with E-state index in [1.807, 2.05) is 38.2 Å². The van der Waals surface area contributed by atoms with Gasteiger partial charge in [-0.2, -0.15) is 0 Å². The summed E-state index contributed by atoms with van der Waals surface area (Å²) >= 11 is 1.79. The van der Waals surface area contributed by atoms with E-state index in [0.717, 1.165) is 32.8 Å². The standard InChI is InChI=1S/C25H31NO3S/c1-7-29-24(27)20(15-17-11-9-8-10-12-17)22-23(30-25(2,3)4)19-16-18(28-6)13-14-21(19)26(22)5/h8-14,16,20H,7,15H2,1-6H3. The van der Waals surface area contributed by atoms with Crippen LogP contribution in [0.15, 0.2) is 53.4 Å². The minimum absolute atomic E-state index is 0.0158. The summed E-state index contributed by atoms with van der Waals surface area (Å²) in [6.07, 6.45) is 0.596. The molecule has 0 radical (unpaired) electrons. The highest BCUT2D eigenvalue weighted by atomic mass is 32.2. The number of hydrogen-bond acceptors (Lipinski definition) is 4. The van der Waals surface area contributed by atoms with Gasteiger partial charge in [-0.05, 0) is 37.1 Å². The van der Waals surface area contributed by atoms with Crippen molar-refractivity contribution in [2.75, 3.05) is 13.7 Å². The molecular formula is C25H31NO3S. The summed E-state index contributed by atoms with van der Waals surface area (Å²) in [5, 5.41) is 1.11. The van der Waals surface area contributed by atoms with Crippen molar-refractivity contribution in [1.29, 1.82) is 0 Å². The summed E-state index contributed by atoms with van der Waals surface area (Å²) in [6.45, 7) is 8.79. The average molecular weight is 426 g/mol. The topological polar surface area (TPSA) is 40.5 Å². The van der Waals surface area contributed by atoms with Crippen LogP contribution in [0.4, 0.5) is 0 Å². The van der Waals surface area contributed by atoms with Gasteiger partial charge in [-0.25, -0.2) is 0 Å². The third kappa shape index (κ3) is 4.84. The van der Waals surface area contributed by atoms with Crippen molar-refractivity contribution in [2.45, 2.75) is 49.7 Å². The fraction of sp³-hybridized carbons (Fsp3) is 0.400. The molecule has 0 saturated heterocycles. The van der Waals surface area contributed by atoms with Crippen LogP contribution in [0.25, 0.3) is 10.9 Å². The maximum Gasteiger partial charge on any atom is 0.315 e. The molecule has 0 aliphatic rings. The number of hydrogen-bond donors (Lipinski definition) is 0. The van der Waals surface area contributed by atoms with Crippen molar-refractivity contribution < 1.29 is 14.3 Å². The lowest BCUT2D eigenvalue weighted by molar-refractivity contribution is -0.145. The second kappa shape index (κ2) is 9.17. The van der Waals surface area contributed by atoms with E-state index >= 15 is 0 Å². The summed E-state index contributed by atoms with van der Waals surface area (Å²) in [4.78, 5) is 14.3. The molecule has 0 N–H and O–H groups in total. The molecule has 1 unspecified atom stereocenters. The predicted octanol–water partition coefficient (Wildman–Crippen LogP) is 5.97. The van der Waals surface area contributed by atoms with Gasteiger partial charge in [-0.15, -0.1) is 11.8 Å². The molecule has 4 nitrogen and oxygen atoms in total. The first-order chi connectivity index (χ1) is 14.2. The first-order valence-electron chi connectivity index (χ1n) is 10.3. The molecule has 160 valence electrons. The second-order valence-electron chi connectivity index (χ2n) is 8.37. The number of aryl methyl sites for hydroxylation is 1. The molecule has 3 aromatic rings. The summed E-state index contributed by atoms with van der Waals surface area (Å²) < 4.78 is 13.1. The molecule has 1 heterocycles. The van der Waals surface area contributed by atoms with Gasteiger partial charge in [0.25, 0.3) is 0 Å². The maximum absolute atomic E-state index is 13.1. The van der Waals surface area contributed by atoms with Crippen LogP contribution in [0.2, 0.25) is 0 Å². The van der Waals surface area contributed by atoms with E-state index in [1.165, 1.54) is 0 Å². The van der Waals surface area contributed by atoms with Gasteiger partial charge in [0, 0.05) is 33.3 Å². The Morgan fingerprint density at radius 3 is 2.43 bits per heavy atom. The van der Waals surface area contributed by atoms with Gasteiger partial charge in [-0.3, -0.25) is 4.79 Å². The minimum Gasteiger partial charge on any atom is -0.497 e. The molecule has 0 aliphatic heterocycles. The van der Waals surface area contributed by atoms with Crippen LogP contribution >= 0.6 is 11.8 Å². The molecular weight excluding hydrogens is 394 g/mol. The lowest BCUT2D eigenvalue weighted by atomic mass is 9.96. The van der Waals surface area contributed by atoms with Gasteiger partial charge < -0.3 is 14.0 Å². The number of aromatic nitrogens is 1.